The van der Waals surface area contributed by atoms with E-state index in [1.807, 2.05) is 27.7 Å². The standard InChI is InChI=1S/C30H32F3N5O3S.2ClH/c1-14(2)35-16-7-9-37(12-16)26(39)21-15(3)10-20(30(31,32)33)36-24(21)18-6-8-34-19-11-17(42-25(18)19)13-38-27(40)22-23(28(38)41)29(22,4)5;;/h6,8,10-11,14,16,22-23,35H,7,9,12-13H2,1-5H3;2*1H. The average molecular weight is 673 g/mol. The maximum Gasteiger partial charge on any atom is 0.433 e. The molecule has 1 N–H and O–H groups in total. The Labute approximate surface area is 269 Å². The van der Waals surface area contributed by atoms with E-state index in [0.29, 0.717) is 33.7 Å². The van der Waals surface area contributed by atoms with E-state index in [2.05, 4.69) is 15.3 Å². The molecule has 0 aromatic carbocycles. The predicted octanol–water partition coefficient (Wildman–Crippen LogP) is 5.88. The Kier molecular flexibility index (Phi) is 9.18. The summed E-state index contributed by atoms with van der Waals surface area (Å²) in [4.78, 5) is 51.7. The molecule has 3 unspecified atom stereocenters. The van der Waals surface area contributed by atoms with Gasteiger partial charge >= 0.3 is 6.18 Å². The first-order chi connectivity index (χ1) is 19.7. The largest absolute Gasteiger partial charge is 0.433 e. The van der Waals surface area contributed by atoms with Crippen molar-refractivity contribution in [2.24, 2.45) is 17.3 Å². The molecule has 2 aliphatic heterocycles. The quantitative estimate of drug-likeness (QED) is 0.329. The minimum Gasteiger partial charge on any atom is -0.337 e. The summed E-state index contributed by atoms with van der Waals surface area (Å²) in [5, 5.41) is 3.42. The van der Waals surface area contributed by atoms with Crippen molar-refractivity contribution in [3.63, 3.8) is 0 Å². The molecule has 1 saturated carbocycles. The molecule has 3 atom stereocenters. The third-order valence-electron chi connectivity index (χ3n) is 8.69. The van der Waals surface area contributed by atoms with Gasteiger partial charge < -0.3 is 10.2 Å². The van der Waals surface area contributed by atoms with Gasteiger partial charge in [-0.1, -0.05) is 27.7 Å². The van der Waals surface area contributed by atoms with Crippen LogP contribution in [-0.4, -0.2) is 62.7 Å². The molecule has 3 aliphatic rings. The molecule has 3 aromatic rings. The molecule has 5 heterocycles. The molecule has 3 amide bonds. The lowest BCUT2D eigenvalue weighted by molar-refractivity contribution is -0.144. The van der Waals surface area contributed by atoms with Crippen LogP contribution >= 0.6 is 36.2 Å². The highest BCUT2D eigenvalue weighted by molar-refractivity contribution is 7.19. The van der Waals surface area contributed by atoms with Crippen LogP contribution < -0.4 is 5.32 Å². The Morgan fingerprint density at radius 2 is 1.82 bits per heavy atom. The molecule has 0 radical (unpaired) electrons. The molecule has 6 rings (SSSR count). The second-order valence-corrected chi connectivity index (χ2v) is 13.6. The Morgan fingerprint density at radius 1 is 1.16 bits per heavy atom. The second-order valence-electron chi connectivity index (χ2n) is 12.4. The molecule has 0 spiro atoms. The normalized spacial score (nSPS) is 22.3. The fourth-order valence-corrected chi connectivity index (χ4v) is 7.68. The SMILES string of the molecule is Cc1cc(C(F)(F)F)nc(-c2ccnc3cc(CN4C(=O)C5C(C4=O)C5(C)C)sc23)c1C(=O)N1CCC(NC(C)C)C1.Cl.Cl. The molecule has 2 saturated heterocycles. The van der Waals surface area contributed by atoms with Crippen molar-refractivity contribution in [2.45, 2.75) is 65.8 Å². The number of fused-ring (bicyclic) bond motifs is 2. The third kappa shape index (κ3) is 5.70. The van der Waals surface area contributed by atoms with E-state index in [4.69, 9.17) is 0 Å². The van der Waals surface area contributed by atoms with E-state index in [1.165, 1.54) is 29.4 Å². The van der Waals surface area contributed by atoms with Crippen LogP contribution in [0.4, 0.5) is 13.2 Å². The Hall–Kier alpha value is -2.80. The molecule has 238 valence electrons. The summed E-state index contributed by atoms with van der Waals surface area (Å²) in [6, 6.07) is 4.56. The number of thiophene rings is 1. The summed E-state index contributed by atoms with van der Waals surface area (Å²) in [6.07, 6.45) is -2.49. The number of carbonyl (C=O) groups is 3. The zero-order valence-corrected chi connectivity index (χ0v) is 27.3. The maximum atomic E-state index is 13.9. The zero-order valence-electron chi connectivity index (χ0n) is 24.8. The highest BCUT2D eigenvalue weighted by atomic mass is 35.5. The topological polar surface area (TPSA) is 95.5 Å². The number of hydrogen-bond acceptors (Lipinski definition) is 7. The molecule has 1 aliphatic carbocycles. The van der Waals surface area contributed by atoms with Gasteiger partial charge in [-0.25, -0.2) is 4.98 Å². The first kappa shape index (κ1) is 34.1. The number of imide groups is 1. The van der Waals surface area contributed by atoms with Crippen LogP contribution in [0.2, 0.25) is 0 Å². The number of aromatic nitrogens is 2. The van der Waals surface area contributed by atoms with Crippen LogP contribution in [0.5, 0.6) is 0 Å². The summed E-state index contributed by atoms with van der Waals surface area (Å²) >= 11 is 1.24. The summed E-state index contributed by atoms with van der Waals surface area (Å²) in [6.45, 7) is 10.4. The lowest BCUT2D eigenvalue weighted by Crippen LogP contribution is -2.38. The lowest BCUT2D eigenvalue weighted by atomic mass is 9.99. The Balaban J connectivity index is 0.00000221. The van der Waals surface area contributed by atoms with Gasteiger partial charge in [0, 0.05) is 41.8 Å². The molecule has 44 heavy (non-hydrogen) atoms. The van der Waals surface area contributed by atoms with E-state index in [0.717, 1.165) is 12.5 Å². The van der Waals surface area contributed by atoms with Crippen molar-refractivity contribution in [2.75, 3.05) is 13.1 Å². The van der Waals surface area contributed by atoms with Gasteiger partial charge in [0.05, 0.1) is 39.9 Å². The van der Waals surface area contributed by atoms with Crippen molar-refractivity contribution >= 4 is 64.1 Å². The summed E-state index contributed by atoms with van der Waals surface area (Å²) in [7, 11) is 0. The minimum absolute atomic E-state index is 0. The number of likely N-dealkylation sites (tertiary alicyclic amines) is 2. The van der Waals surface area contributed by atoms with Crippen LogP contribution in [0.15, 0.2) is 24.4 Å². The smallest absolute Gasteiger partial charge is 0.337 e. The molecular weight excluding hydrogens is 638 g/mol. The maximum absolute atomic E-state index is 13.9. The minimum atomic E-state index is -4.71. The van der Waals surface area contributed by atoms with Gasteiger partial charge in [0.2, 0.25) is 11.8 Å². The lowest BCUT2D eigenvalue weighted by Gasteiger charge is -2.22. The van der Waals surface area contributed by atoms with E-state index in [-0.39, 0.29) is 95.2 Å². The molecule has 3 aromatic heterocycles. The first-order valence-electron chi connectivity index (χ1n) is 14.1. The fraction of sp³-hybridized carbons (Fsp3) is 0.500. The summed E-state index contributed by atoms with van der Waals surface area (Å²) in [5.41, 5.74) is -0.288. The van der Waals surface area contributed by atoms with Crippen LogP contribution in [-0.2, 0) is 22.3 Å². The zero-order chi connectivity index (χ0) is 30.3. The molecule has 14 heteroatoms. The van der Waals surface area contributed by atoms with Gasteiger partial charge in [-0.3, -0.25) is 24.3 Å². The van der Waals surface area contributed by atoms with Gasteiger partial charge in [0.15, 0.2) is 0 Å². The highest BCUT2D eigenvalue weighted by Gasteiger charge is 2.72. The summed E-state index contributed by atoms with van der Waals surface area (Å²) < 4.78 is 42.3. The summed E-state index contributed by atoms with van der Waals surface area (Å²) in [5.74, 6) is -1.37. The number of nitrogens with zero attached hydrogens (tertiary/aromatic N) is 4. The van der Waals surface area contributed by atoms with Crippen molar-refractivity contribution in [3.05, 3.63) is 46.1 Å². The van der Waals surface area contributed by atoms with Gasteiger partial charge in [0.25, 0.3) is 5.91 Å². The number of hydrogen-bond donors (Lipinski definition) is 1. The third-order valence-corrected chi connectivity index (χ3v) is 9.83. The van der Waals surface area contributed by atoms with Crippen LogP contribution in [0, 0.1) is 24.2 Å². The number of piperidine rings is 1. The average Bonchev–Trinajstić information content (AvgIpc) is 3.30. The molecule has 8 nitrogen and oxygen atoms in total. The van der Waals surface area contributed by atoms with E-state index < -0.39 is 11.9 Å². The number of aryl methyl sites for hydroxylation is 1. The van der Waals surface area contributed by atoms with Crippen LogP contribution in [0.25, 0.3) is 21.5 Å². The predicted molar refractivity (Wildman–Crippen MR) is 166 cm³/mol. The number of halogens is 5. The number of carbonyl (C=O) groups excluding carboxylic acids is 3. The van der Waals surface area contributed by atoms with Crippen LogP contribution in [0.1, 0.15) is 60.6 Å². The number of alkyl halides is 3. The van der Waals surface area contributed by atoms with Gasteiger partial charge in [-0.15, -0.1) is 36.2 Å². The van der Waals surface area contributed by atoms with Crippen molar-refractivity contribution in [1.29, 1.82) is 0 Å². The molecular formula is C30H34Cl2F3N5O3S. The van der Waals surface area contributed by atoms with Gasteiger partial charge in [-0.2, -0.15) is 13.2 Å². The molecule has 0 bridgehead atoms. The highest BCUT2D eigenvalue weighted by Crippen LogP contribution is 2.63. The second kappa shape index (κ2) is 11.9. The first-order valence-corrected chi connectivity index (χ1v) is 14.9. The van der Waals surface area contributed by atoms with Gasteiger partial charge in [0.1, 0.15) is 5.69 Å². The van der Waals surface area contributed by atoms with Crippen molar-refractivity contribution in [3.8, 4) is 11.3 Å². The molecule has 3 fully saturated rings. The Morgan fingerprint density at radius 3 is 2.43 bits per heavy atom. The van der Waals surface area contributed by atoms with Crippen LogP contribution in [0.3, 0.4) is 0 Å². The van der Waals surface area contributed by atoms with Crippen molar-refractivity contribution < 1.29 is 27.6 Å². The number of pyridine rings is 2. The van der Waals surface area contributed by atoms with E-state index in [9.17, 15) is 27.6 Å². The van der Waals surface area contributed by atoms with E-state index >= 15 is 0 Å². The number of amides is 3. The number of rotatable bonds is 6. The monoisotopic (exact) mass is 671 g/mol. The fourth-order valence-electron chi connectivity index (χ4n) is 6.56. The Bertz CT molecular complexity index is 1620. The number of nitrogens with one attached hydrogen (secondary N) is 1. The van der Waals surface area contributed by atoms with Gasteiger partial charge in [-0.05, 0) is 42.5 Å². The van der Waals surface area contributed by atoms with E-state index in [1.54, 1.807) is 17.0 Å². The van der Waals surface area contributed by atoms with Crippen molar-refractivity contribution in [1.82, 2.24) is 25.1 Å².